The molecular weight excluding hydrogens is 178 g/mol. The summed E-state index contributed by atoms with van der Waals surface area (Å²) in [6.07, 6.45) is 0. The Labute approximate surface area is 67.3 Å². The highest BCUT2D eigenvalue weighted by Gasteiger charge is 2.32. The normalized spacial score (nSPS) is 18.8. The van der Waals surface area contributed by atoms with E-state index in [2.05, 4.69) is 16.9 Å². The Morgan fingerprint density at radius 1 is 1.73 bits per heavy atom. The summed E-state index contributed by atoms with van der Waals surface area (Å²) in [5.74, 6) is 0. The summed E-state index contributed by atoms with van der Waals surface area (Å²) in [5.41, 5.74) is 0. The molecule has 1 N–H and O–H groups in total. The van der Waals surface area contributed by atoms with Crippen molar-refractivity contribution in [3.8, 4) is 0 Å². The van der Waals surface area contributed by atoms with E-state index >= 15 is 0 Å². The molecule has 6 heteroatoms. The molecule has 64 valence electrons. The molecule has 0 saturated carbocycles. The number of halogens is 3. The number of hydrogen-bond acceptors (Lipinski definition) is 1. The van der Waals surface area contributed by atoms with E-state index in [4.69, 9.17) is 0 Å². The Morgan fingerprint density at radius 2 is 2.36 bits per heavy atom. The van der Waals surface area contributed by atoms with Crippen molar-refractivity contribution in [3.63, 3.8) is 0 Å². The van der Waals surface area contributed by atoms with Gasteiger partial charge < -0.3 is 10.2 Å². The number of carbonyl (C=O) groups excluding carboxylic acids is 1. The van der Waals surface area contributed by atoms with Crippen molar-refractivity contribution in [1.29, 1.82) is 0 Å². The second kappa shape index (κ2) is 2.81. The van der Waals surface area contributed by atoms with Crippen LogP contribution in [-0.2, 0) is 0 Å². The number of carbonyl (C=O) groups is 1. The third-order valence-corrected chi connectivity index (χ3v) is 1.43. The zero-order valence-electron chi connectivity index (χ0n) is 5.61. The van der Waals surface area contributed by atoms with Crippen LogP contribution in [0.1, 0.15) is 0 Å². The van der Waals surface area contributed by atoms with E-state index in [0.29, 0.717) is 13.1 Å². The number of hydrogen-bond donors (Lipinski definition) is 1. The van der Waals surface area contributed by atoms with Gasteiger partial charge in [-0.2, -0.15) is 8.78 Å². The van der Waals surface area contributed by atoms with Gasteiger partial charge in [-0.3, -0.25) is 0 Å². The molecule has 1 aliphatic rings. The predicted molar refractivity (Wildman–Crippen MR) is 35.8 cm³/mol. The minimum Gasteiger partial charge on any atom is -0.336 e. The maximum Gasteiger partial charge on any atom is 0.339 e. The lowest BCUT2D eigenvalue weighted by Crippen LogP contribution is -2.36. The lowest BCUT2D eigenvalue weighted by molar-refractivity contribution is 0.0647. The lowest BCUT2D eigenvalue weighted by atomic mass is 10.5. The quantitative estimate of drug-likeness (QED) is 0.634. The van der Waals surface area contributed by atoms with Gasteiger partial charge in [0.1, 0.15) is 6.54 Å². The van der Waals surface area contributed by atoms with Crippen molar-refractivity contribution in [2.45, 2.75) is 5.38 Å². The Morgan fingerprint density at radius 3 is 2.73 bits per heavy atom. The molecule has 3 nitrogen and oxygen atoms in total. The molecule has 0 atom stereocenters. The van der Waals surface area contributed by atoms with Crippen molar-refractivity contribution in [2.75, 3.05) is 19.6 Å². The fourth-order valence-corrected chi connectivity index (χ4v) is 1.02. The molecule has 0 unspecified atom stereocenters. The van der Waals surface area contributed by atoms with Crippen LogP contribution >= 0.6 is 11.6 Å². The van der Waals surface area contributed by atoms with Crippen LogP contribution in [0.2, 0.25) is 0 Å². The average Bonchev–Trinajstić information content (AvgIpc) is 2.12. The third-order valence-electron chi connectivity index (χ3n) is 1.32. The fourth-order valence-electron chi connectivity index (χ4n) is 0.878. The number of amides is 2. The topological polar surface area (TPSA) is 32.3 Å². The zero-order chi connectivity index (χ0) is 8.48. The SMILES string of the molecule is O=C1NCCN1CC(F)(F)Cl. The van der Waals surface area contributed by atoms with Crippen LogP contribution in [0.4, 0.5) is 13.6 Å². The second-order valence-electron chi connectivity index (χ2n) is 2.27. The molecule has 0 aromatic carbocycles. The number of rotatable bonds is 2. The van der Waals surface area contributed by atoms with Gasteiger partial charge in [0, 0.05) is 13.1 Å². The molecule has 1 fully saturated rings. The van der Waals surface area contributed by atoms with Crippen LogP contribution in [0.15, 0.2) is 0 Å². The average molecular weight is 185 g/mol. The van der Waals surface area contributed by atoms with E-state index in [1.54, 1.807) is 0 Å². The highest BCUT2D eigenvalue weighted by molar-refractivity contribution is 6.21. The number of alkyl halides is 3. The molecule has 1 saturated heterocycles. The van der Waals surface area contributed by atoms with Gasteiger partial charge in [0.25, 0.3) is 0 Å². The van der Waals surface area contributed by atoms with Crippen LogP contribution in [0, 0.1) is 0 Å². The molecule has 0 radical (unpaired) electrons. The first-order chi connectivity index (χ1) is 4.99. The minimum absolute atomic E-state index is 0.293. The van der Waals surface area contributed by atoms with Crippen LogP contribution in [0.3, 0.4) is 0 Å². The summed E-state index contributed by atoms with van der Waals surface area (Å²) in [6, 6.07) is -0.481. The van der Waals surface area contributed by atoms with Crippen molar-refractivity contribution < 1.29 is 13.6 Å². The number of nitrogens with zero attached hydrogens (tertiary/aromatic N) is 1. The molecule has 0 spiro atoms. The van der Waals surface area contributed by atoms with Gasteiger partial charge in [0.15, 0.2) is 0 Å². The summed E-state index contributed by atoms with van der Waals surface area (Å²) in [7, 11) is 0. The molecule has 1 aliphatic heterocycles. The molecule has 0 aromatic rings. The fraction of sp³-hybridized carbons (Fsp3) is 0.800. The van der Waals surface area contributed by atoms with E-state index in [1.165, 1.54) is 0 Å². The van der Waals surface area contributed by atoms with Crippen LogP contribution in [0.25, 0.3) is 0 Å². The molecule has 1 rings (SSSR count). The van der Waals surface area contributed by atoms with E-state index in [1.807, 2.05) is 0 Å². The Hall–Kier alpha value is -0.580. The summed E-state index contributed by atoms with van der Waals surface area (Å²) >= 11 is 4.62. The summed E-state index contributed by atoms with van der Waals surface area (Å²) in [6.45, 7) is -0.0205. The van der Waals surface area contributed by atoms with Crippen molar-refractivity contribution in [3.05, 3.63) is 0 Å². The Bertz CT molecular complexity index is 170. The van der Waals surface area contributed by atoms with Crippen molar-refractivity contribution >= 4 is 17.6 Å². The standard InChI is InChI=1S/C5H7ClF2N2O/c6-5(7,8)3-10-2-1-9-4(10)11/h1-3H2,(H,9,11). The molecule has 0 aromatic heterocycles. The first-order valence-electron chi connectivity index (χ1n) is 3.08. The third kappa shape index (κ3) is 2.49. The molecule has 1 heterocycles. The van der Waals surface area contributed by atoms with Gasteiger partial charge in [0.05, 0.1) is 0 Å². The molecule has 11 heavy (non-hydrogen) atoms. The van der Waals surface area contributed by atoms with E-state index in [-0.39, 0.29) is 0 Å². The number of nitrogens with one attached hydrogen (secondary N) is 1. The summed E-state index contributed by atoms with van der Waals surface area (Å²) < 4.78 is 24.2. The van der Waals surface area contributed by atoms with Gasteiger partial charge in [-0.1, -0.05) is 0 Å². The van der Waals surface area contributed by atoms with E-state index in [9.17, 15) is 13.6 Å². The van der Waals surface area contributed by atoms with Crippen molar-refractivity contribution in [2.24, 2.45) is 0 Å². The largest absolute Gasteiger partial charge is 0.339 e. The van der Waals surface area contributed by atoms with Gasteiger partial charge in [0.2, 0.25) is 0 Å². The Kier molecular flexibility index (Phi) is 2.17. The highest BCUT2D eigenvalue weighted by Crippen LogP contribution is 2.20. The van der Waals surface area contributed by atoms with Gasteiger partial charge in [-0.15, -0.1) is 0 Å². The lowest BCUT2D eigenvalue weighted by Gasteiger charge is -2.16. The van der Waals surface area contributed by atoms with Crippen LogP contribution in [0.5, 0.6) is 0 Å². The first-order valence-corrected chi connectivity index (χ1v) is 3.46. The summed E-state index contributed by atoms with van der Waals surface area (Å²) in [4.78, 5) is 11.7. The second-order valence-corrected chi connectivity index (χ2v) is 2.82. The monoisotopic (exact) mass is 184 g/mol. The molecular formula is C5H7ClF2N2O. The maximum atomic E-state index is 12.1. The first kappa shape index (κ1) is 8.52. The van der Waals surface area contributed by atoms with Crippen LogP contribution in [-0.4, -0.2) is 35.9 Å². The number of urea groups is 1. The zero-order valence-corrected chi connectivity index (χ0v) is 6.37. The van der Waals surface area contributed by atoms with Crippen LogP contribution < -0.4 is 5.32 Å². The summed E-state index contributed by atoms with van der Waals surface area (Å²) in [5, 5.41) is -0.931. The molecule has 0 bridgehead atoms. The molecule has 0 aliphatic carbocycles. The predicted octanol–water partition coefficient (Wildman–Crippen LogP) is 0.843. The van der Waals surface area contributed by atoms with Gasteiger partial charge >= 0.3 is 11.4 Å². The maximum absolute atomic E-state index is 12.1. The van der Waals surface area contributed by atoms with E-state index in [0.717, 1.165) is 4.90 Å². The van der Waals surface area contributed by atoms with E-state index < -0.39 is 18.0 Å². The Balaban J connectivity index is 2.43. The smallest absolute Gasteiger partial charge is 0.336 e. The van der Waals surface area contributed by atoms with Gasteiger partial charge in [-0.25, -0.2) is 4.79 Å². The van der Waals surface area contributed by atoms with Gasteiger partial charge in [-0.05, 0) is 11.6 Å². The molecule has 2 amide bonds. The highest BCUT2D eigenvalue weighted by atomic mass is 35.5. The van der Waals surface area contributed by atoms with Crippen molar-refractivity contribution in [1.82, 2.24) is 10.2 Å². The minimum atomic E-state index is -3.32.